The lowest BCUT2D eigenvalue weighted by Crippen LogP contribution is -2.08. The van der Waals surface area contributed by atoms with E-state index >= 15 is 0 Å². The summed E-state index contributed by atoms with van der Waals surface area (Å²) in [4.78, 5) is 0. The van der Waals surface area contributed by atoms with Crippen LogP contribution >= 0.6 is 0 Å². The normalized spacial score (nSPS) is 13.5. The average Bonchev–Trinajstić information content (AvgIpc) is 2.09. The SMILES string of the molecule is Cc1cc(C[C@H](C)O)n(C)n1. The molecule has 0 amide bonds. The van der Waals surface area contributed by atoms with Gasteiger partial charge < -0.3 is 5.11 Å². The zero-order valence-electron chi connectivity index (χ0n) is 7.20. The van der Waals surface area contributed by atoms with E-state index in [0.717, 1.165) is 11.4 Å². The smallest absolute Gasteiger partial charge is 0.0596 e. The molecule has 11 heavy (non-hydrogen) atoms. The molecule has 0 radical (unpaired) electrons. The Hall–Kier alpha value is -0.830. The maximum atomic E-state index is 9.10. The molecule has 1 atom stereocenters. The van der Waals surface area contributed by atoms with Crippen molar-refractivity contribution in [2.45, 2.75) is 26.4 Å². The highest BCUT2D eigenvalue weighted by Crippen LogP contribution is 2.04. The molecule has 1 aromatic rings. The van der Waals surface area contributed by atoms with Crippen molar-refractivity contribution in [1.82, 2.24) is 9.78 Å². The van der Waals surface area contributed by atoms with Gasteiger partial charge in [-0.05, 0) is 19.9 Å². The van der Waals surface area contributed by atoms with Crippen LogP contribution in [0, 0.1) is 6.92 Å². The van der Waals surface area contributed by atoms with E-state index in [1.165, 1.54) is 0 Å². The summed E-state index contributed by atoms with van der Waals surface area (Å²) in [5.74, 6) is 0. The predicted molar refractivity (Wildman–Crippen MR) is 43.3 cm³/mol. The van der Waals surface area contributed by atoms with Crippen molar-refractivity contribution in [1.29, 1.82) is 0 Å². The van der Waals surface area contributed by atoms with Gasteiger partial charge in [0.15, 0.2) is 0 Å². The van der Waals surface area contributed by atoms with Crippen LogP contribution in [0.5, 0.6) is 0 Å². The quantitative estimate of drug-likeness (QED) is 0.679. The highest BCUT2D eigenvalue weighted by atomic mass is 16.3. The zero-order chi connectivity index (χ0) is 8.43. The standard InChI is InChI=1S/C8H14N2O/c1-6-4-8(5-7(2)11)10(3)9-6/h4,7,11H,5H2,1-3H3/t7-/m0/s1. The van der Waals surface area contributed by atoms with Crippen LogP contribution < -0.4 is 0 Å². The lowest BCUT2D eigenvalue weighted by Gasteiger charge is -2.02. The lowest BCUT2D eigenvalue weighted by atomic mass is 10.2. The Kier molecular flexibility index (Phi) is 2.29. The predicted octanol–water partition coefficient (Wildman–Crippen LogP) is 0.652. The summed E-state index contributed by atoms with van der Waals surface area (Å²) in [6.07, 6.45) is 0.391. The van der Waals surface area contributed by atoms with Gasteiger partial charge in [-0.15, -0.1) is 0 Å². The summed E-state index contributed by atoms with van der Waals surface area (Å²) in [7, 11) is 1.89. The molecule has 0 aliphatic heterocycles. The van der Waals surface area contributed by atoms with Crippen LogP contribution in [0.15, 0.2) is 6.07 Å². The Morgan fingerprint density at radius 2 is 2.36 bits per heavy atom. The zero-order valence-corrected chi connectivity index (χ0v) is 7.20. The number of hydrogen-bond donors (Lipinski definition) is 1. The highest BCUT2D eigenvalue weighted by Gasteiger charge is 2.04. The Bertz CT molecular complexity index is 240. The number of nitrogens with zero attached hydrogens (tertiary/aromatic N) is 2. The molecule has 62 valence electrons. The number of hydrogen-bond acceptors (Lipinski definition) is 2. The minimum absolute atomic E-state index is 0.287. The van der Waals surface area contributed by atoms with Gasteiger partial charge in [0.2, 0.25) is 0 Å². The van der Waals surface area contributed by atoms with Crippen LogP contribution in [-0.4, -0.2) is 21.0 Å². The Morgan fingerprint density at radius 3 is 2.73 bits per heavy atom. The fourth-order valence-corrected chi connectivity index (χ4v) is 1.16. The molecule has 1 aromatic heterocycles. The molecular formula is C8H14N2O. The van der Waals surface area contributed by atoms with Gasteiger partial charge in [-0.3, -0.25) is 4.68 Å². The molecule has 0 spiro atoms. The van der Waals surface area contributed by atoms with Crippen molar-refractivity contribution in [2.24, 2.45) is 7.05 Å². The first-order chi connectivity index (χ1) is 5.09. The van der Waals surface area contributed by atoms with E-state index in [9.17, 15) is 0 Å². The van der Waals surface area contributed by atoms with Gasteiger partial charge in [-0.1, -0.05) is 0 Å². The maximum Gasteiger partial charge on any atom is 0.0596 e. The Balaban J connectivity index is 2.77. The van der Waals surface area contributed by atoms with E-state index < -0.39 is 0 Å². The molecule has 1 N–H and O–H groups in total. The first kappa shape index (κ1) is 8.27. The van der Waals surface area contributed by atoms with Gasteiger partial charge in [0.25, 0.3) is 0 Å². The summed E-state index contributed by atoms with van der Waals surface area (Å²) >= 11 is 0. The minimum Gasteiger partial charge on any atom is -0.393 e. The van der Waals surface area contributed by atoms with E-state index in [1.54, 1.807) is 6.92 Å². The molecule has 1 heterocycles. The van der Waals surface area contributed by atoms with Crippen molar-refractivity contribution < 1.29 is 5.11 Å². The molecule has 0 aliphatic carbocycles. The van der Waals surface area contributed by atoms with Crippen molar-refractivity contribution in [3.05, 3.63) is 17.5 Å². The molecule has 3 nitrogen and oxygen atoms in total. The fraction of sp³-hybridized carbons (Fsp3) is 0.625. The first-order valence-electron chi connectivity index (χ1n) is 3.77. The van der Waals surface area contributed by atoms with Crippen LogP contribution in [0.1, 0.15) is 18.3 Å². The van der Waals surface area contributed by atoms with Gasteiger partial charge in [-0.2, -0.15) is 5.10 Å². The second-order valence-corrected chi connectivity index (χ2v) is 2.95. The fourth-order valence-electron chi connectivity index (χ4n) is 1.16. The summed E-state index contributed by atoms with van der Waals surface area (Å²) in [5.41, 5.74) is 2.08. The molecule has 1 rings (SSSR count). The molecule has 0 saturated heterocycles. The van der Waals surface area contributed by atoms with E-state index in [4.69, 9.17) is 5.11 Å². The van der Waals surface area contributed by atoms with E-state index in [2.05, 4.69) is 5.10 Å². The second kappa shape index (κ2) is 3.05. The van der Waals surface area contributed by atoms with Gasteiger partial charge in [0, 0.05) is 19.2 Å². The largest absolute Gasteiger partial charge is 0.393 e. The maximum absolute atomic E-state index is 9.10. The van der Waals surface area contributed by atoms with Crippen molar-refractivity contribution >= 4 is 0 Å². The Labute approximate surface area is 66.7 Å². The van der Waals surface area contributed by atoms with Crippen LogP contribution in [-0.2, 0) is 13.5 Å². The topological polar surface area (TPSA) is 38.0 Å². The molecule has 0 saturated carbocycles. The van der Waals surface area contributed by atoms with Crippen LogP contribution in [0.3, 0.4) is 0 Å². The molecule has 0 fully saturated rings. The van der Waals surface area contributed by atoms with Crippen LogP contribution in [0.25, 0.3) is 0 Å². The van der Waals surface area contributed by atoms with Gasteiger partial charge in [-0.25, -0.2) is 0 Å². The van der Waals surface area contributed by atoms with Crippen molar-refractivity contribution in [3.8, 4) is 0 Å². The molecule has 0 bridgehead atoms. The summed E-state index contributed by atoms with van der Waals surface area (Å²) in [6, 6.07) is 1.99. The number of aryl methyl sites for hydroxylation is 2. The number of rotatable bonds is 2. The highest BCUT2D eigenvalue weighted by molar-refractivity contribution is 5.09. The molecule has 0 aliphatic rings. The van der Waals surface area contributed by atoms with Crippen molar-refractivity contribution in [2.75, 3.05) is 0 Å². The van der Waals surface area contributed by atoms with Crippen LogP contribution in [0.2, 0.25) is 0 Å². The monoisotopic (exact) mass is 154 g/mol. The number of aliphatic hydroxyl groups excluding tert-OH is 1. The van der Waals surface area contributed by atoms with Gasteiger partial charge >= 0.3 is 0 Å². The minimum atomic E-state index is -0.287. The summed E-state index contributed by atoms with van der Waals surface area (Å²) in [5, 5.41) is 13.3. The van der Waals surface area contributed by atoms with Crippen molar-refractivity contribution in [3.63, 3.8) is 0 Å². The van der Waals surface area contributed by atoms with Gasteiger partial charge in [0.05, 0.1) is 11.8 Å². The molecular weight excluding hydrogens is 140 g/mol. The lowest BCUT2D eigenvalue weighted by molar-refractivity contribution is 0.193. The van der Waals surface area contributed by atoms with Gasteiger partial charge in [0.1, 0.15) is 0 Å². The van der Waals surface area contributed by atoms with Crippen LogP contribution in [0.4, 0.5) is 0 Å². The number of aromatic nitrogens is 2. The third kappa shape index (κ3) is 2.05. The molecule has 0 aromatic carbocycles. The van der Waals surface area contributed by atoms with E-state index in [1.807, 2.05) is 24.7 Å². The van der Waals surface area contributed by atoms with E-state index in [-0.39, 0.29) is 6.10 Å². The third-order valence-corrected chi connectivity index (χ3v) is 1.60. The second-order valence-electron chi connectivity index (χ2n) is 2.95. The average molecular weight is 154 g/mol. The summed E-state index contributed by atoms with van der Waals surface area (Å²) < 4.78 is 1.81. The third-order valence-electron chi connectivity index (χ3n) is 1.60. The molecule has 0 unspecified atom stereocenters. The number of aliphatic hydroxyl groups is 1. The Morgan fingerprint density at radius 1 is 1.73 bits per heavy atom. The first-order valence-corrected chi connectivity index (χ1v) is 3.77. The summed E-state index contributed by atoms with van der Waals surface area (Å²) in [6.45, 7) is 3.73. The molecule has 3 heteroatoms. The van der Waals surface area contributed by atoms with E-state index in [0.29, 0.717) is 6.42 Å².